The number of nitrogens with zero attached hydrogens (tertiary/aromatic N) is 6. The van der Waals surface area contributed by atoms with Gasteiger partial charge in [-0.1, -0.05) is 0 Å². The van der Waals surface area contributed by atoms with Crippen LogP contribution in [0.1, 0.15) is 18.4 Å². The second-order valence-corrected chi connectivity index (χ2v) is 7.77. The SMILES string of the molecule is COc1cc(C)cc(-n2cnc(Nc3nc(N4CCCC4CO)c4cccn4n3)c2)c1. The molecule has 1 fully saturated rings. The van der Waals surface area contributed by atoms with Crippen LogP contribution >= 0.6 is 0 Å². The fourth-order valence-corrected chi connectivity index (χ4v) is 4.13. The summed E-state index contributed by atoms with van der Waals surface area (Å²) in [6, 6.07) is 10.0. The van der Waals surface area contributed by atoms with Crippen LogP contribution in [0.3, 0.4) is 0 Å². The number of aromatic nitrogens is 5. The molecule has 0 aliphatic carbocycles. The molecule has 0 radical (unpaired) electrons. The number of anilines is 3. The van der Waals surface area contributed by atoms with Gasteiger partial charge in [0.1, 0.15) is 17.6 Å². The van der Waals surface area contributed by atoms with E-state index in [1.165, 1.54) is 0 Å². The number of aryl methyl sites for hydroxylation is 1. The average molecular weight is 419 g/mol. The molecule has 1 unspecified atom stereocenters. The van der Waals surface area contributed by atoms with Crippen molar-refractivity contribution in [3.8, 4) is 11.4 Å². The van der Waals surface area contributed by atoms with Crippen molar-refractivity contribution in [3.05, 3.63) is 54.6 Å². The molecule has 9 nitrogen and oxygen atoms in total. The van der Waals surface area contributed by atoms with E-state index in [1.54, 1.807) is 18.0 Å². The summed E-state index contributed by atoms with van der Waals surface area (Å²) in [6.45, 7) is 3.01. The number of imidazole rings is 1. The normalized spacial score (nSPS) is 16.2. The molecule has 0 amide bonds. The molecule has 3 aromatic heterocycles. The zero-order valence-corrected chi connectivity index (χ0v) is 17.6. The summed E-state index contributed by atoms with van der Waals surface area (Å²) in [6.07, 6.45) is 7.53. The average Bonchev–Trinajstić information content (AvgIpc) is 3.52. The van der Waals surface area contributed by atoms with E-state index in [9.17, 15) is 5.11 Å². The summed E-state index contributed by atoms with van der Waals surface area (Å²) in [5.74, 6) is 2.71. The Hall–Kier alpha value is -3.59. The summed E-state index contributed by atoms with van der Waals surface area (Å²) in [4.78, 5) is 11.4. The Morgan fingerprint density at radius 3 is 3.03 bits per heavy atom. The van der Waals surface area contributed by atoms with E-state index in [1.807, 2.05) is 48.1 Å². The molecule has 1 aromatic carbocycles. The summed E-state index contributed by atoms with van der Waals surface area (Å²) < 4.78 is 9.11. The Morgan fingerprint density at radius 2 is 2.19 bits per heavy atom. The number of nitrogens with one attached hydrogen (secondary N) is 1. The monoisotopic (exact) mass is 419 g/mol. The maximum atomic E-state index is 9.76. The lowest BCUT2D eigenvalue weighted by atomic mass is 10.2. The number of aliphatic hydroxyl groups excluding tert-OH is 1. The van der Waals surface area contributed by atoms with Crippen molar-refractivity contribution in [2.75, 3.05) is 30.5 Å². The van der Waals surface area contributed by atoms with E-state index in [2.05, 4.69) is 26.4 Å². The van der Waals surface area contributed by atoms with Crippen LogP contribution in [0.5, 0.6) is 5.75 Å². The number of fused-ring (bicyclic) bond motifs is 1. The van der Waals surface area contributed by atoms with Crippen LogP contribution in [0.15, 0.2) is 49.1 Å². The Labute approximate surface area is 179 Å². The molecule has 1 atom stereocenters. The molecular weight excluding hydrogens is 394 g/mol. The molecule has 0 saturated carbocycles. The first-order valence-electron chi connectivity index (χ1n) is 10.3. The fourth-order valence-electron chi connectivity index (χ4n) is 4.13. The van der Waals surface area contributed by atoms with Gasteiger partial charge in [0.15, 0.2) is 11.6 Å². The molecule has 0 spiro atoms. The molecule has 5 rings (SSSR count). The zero-order valence-electron chi connectivity index (χ0n) is 17.6. The number of rotatable bonds is 6. The Morgan fingerprint density at radius 1 is 1.29 bits per heavy atom. The van der Waals surface area contributed by atoms with Gasteiger partial charge in [-0.15, -0.1) is 5.10 Å². The molecule has 160 valence electrons. The maximum Gasteiger partial charge on any atom is 0.248 e. The number of aliphatic hydroxyl groups is 1. The maximum absolute atomic E-state index is 9.76. The first-order valence-corrected chi connectivity index (χ1v) is 10.3. The smallest absolute Gasteiger partial charge is 0.248 e. The summed E-state index contributed by atoms with van der Waals surface area (Å²) in [7, 11) is 1.66. The third-order valence-electron chi connectivity index (χ3n) is 5.62. The lowest BCUT2D eigenvalue weighted by Crippen LogP contribution is -2.33. The minimum atomic E-state index is 0.0805. The van der Waals surface area contributed by atoms with Crippen LogP contribution in [0.25, 0.3) is 11.2 Å². The standard InChI is InChI=1S/C22H25N7O2/c1-15-9-17(11-18(10-15)31-2)27-12-20(23-14-27)24-22-25-21(19-6-4-8-29(19)26-22)28-7-3-5-16(28)13-30/h4,6,8-12,14,16,30H,3,5,7,13H2,1-2H3,(H,24,26). The summed E-state index contributed by atoms with van der Waals surface area (Å²) in [5, 5.41) is 17.6. The van der Waals surface area contributed by atoms with E-state index in [-0.39, 0.29) is 12.6 Å². The van der Waals surface area contributed by atoms with Gasteiger partial charge in [-0.3, -0.25) is 0 Å². The second kappa shape index (κ2) is 7.92. The molecule has 4 heterocycles. The van der Waals surface area contributed by atoms with Gasteiger partial charge in [-0.2, -0.15) is 4.98 Å². The largest absolute Gasteiger partial charge is 0.497 e. The highest BCUT2D eigenvalue weighted by molar-refractivity contribution is 5.71. The van der Waals surface area contributed by atoms with E-state index in [0.717, 1.165) is 47.7 Å². The van der Waals surface area contributed by atoms with Crippen LogP contribution in [0, 0.1) is 6.92 Å². The topological polar surface area (TPSA) is 92.7 Å². The Bertz CT molecular complexity index is 1220. The van der Waals surface area contributed by atoms with Crippen LogP contribution in [-0.4, -0.2) is 55.6 Å². The van der Waals surface area contributed by atoms with Gasteiger partial charge >= 0.3 is 0 Å². The second-order valence-electron chi connectivity index (χ2n) is 7.77. The molecule has 0 bridgehead atoms. The van der Waals surface area contributed by atoms with Gasteiger partial charge in [0.25, 0.3) is 0 Å². The number of benzene rings is 1. The molecule has 1 aliphatic heterocycles. The van der Waals surface area contributed by atoms with Crippen molar-refractivity contribution in [2.24, 2.45) is 0 Å². The minimum Gasteiger partial charge on any atom is -0.497 e. The summed E-state index contributed by atoms with van der Waals surface area (Å²) >= 11 is 0. The van der Waals surface area contributed by atoms with Gasteiger partial charge in [0.2, 0.25) is 5.95 Å². The lowest BCUT2D eigenvalue weighted by Gasteiger charge is -2.25. The number of ether oxygens (including phenoxy) is 1. The van der Waals surface area contributed by atoms with Crippen molar-refractivity contribution < 1.29 is 9.84 Å². The molecule has 2 N–H and O–H groups in total. The third-order valence-corrected chi connectivity index (χ3v) is 5.62. The molecule has 1 saturated heterocycles. The molecule has 9 heteroatoms. The van der Waals surface area contributed by atoms with Gasteiger partial charge < -0.3 is 24.6 Å². The van der Waals surface area contributed by atoms with Crippen LogP contribution in [0.4, 0.5) is 17.6 Å². The molecule has 31 heavy (non-hydrogen) atoms. The van der Waals surface area contributed by atoms with Gasteiger partial charge in [0.05, 0.1) is 31.6 Å². The van der Waals surface area contributed by atoms with Gasteiger partial charge in [0, 0.05) is 18.8 Å². The Balaban J connectivity index is 1.46. The van der Waals surface area contributed by atoms with Gasteiger partial charge in [-0.05, 0) is 49.6 Å². The van der Waals surface area contributed by atoms with Crippen molar-refractivity contribution in [1.82, 2.24) is 24.1 Å². The highest BCUT2D eigenvalue weighted by Crippen LogP contribution is 2.29. The Kier molecular flexibility index (Phi) is 4.95. The first kappa shape index (κ1) is 19.4. The first-order chi connectivity index (χ1) is 15.1. The van der Waals surface area contributed by atoms with E-state index in [4.69, 9.17) is 9.72 Å². The van der Waals surface area contributed by atoms with Crippen molar-refractivity contribution in [2.45, 2.75) is 25.8 Å². The third kappa shape index (κ3) is 3.68. The molecule has 1 aliphatic rings. The van der Waals surface area contributed by atoms with E-state index >= 15 is 0 Å². The number of hydrogen-bond acceptors (Lipinski definition) is 7. The predicted molar refractivity (Wildman–Crippen MR) is 119 cm³/mol. The van der Waals surface area contributed by atoms with Crippen LogP contribution in [-0.2, 0) is 0 Å². The van der Waals surface area contributed by atoms with E-state index < -0.39 is 0 Å². The van der Waals surface area contributed by atoms with Gasteiger partial charge in [-0.25, -0.2) is 9.50 Å². The van der Waals surface area contributed by atoms with Crippen molar-refractivity contribution >= 4 is 23.1 Å². The number of hydrogen-bond donors (Lipinski definition) is 2. The van der Waals surface area contributed by atoms with Crippen LogP contribution in [0.2, 0.25) is 0 Å². The predicted octanol–water partition coefficient (Wildman–Crippen LogP) is 2.94. The quantitative estimate of drug-likeness (QED) is 0.496. The van der Waals surface area contributed by atoms with Crippen molar-refractivity contribution in [3.63, 3.8) is 0 Å². The van der Waals surface area contributed by atoms with Crippen molar-refractivity contribution in [1.29, 1.82) is 0 Å². The van der Waals surface area contributed by atoms with Crippen LogP contribution < -0.4 is 15.0 Å². The fraction of sp³-hybridized carbons (Fsp3) is 0.318. The zero-order chi connectivity index (χ0) is 21.4. The molecule has 4 aromatic rings. The highest BCUT2D eigenvalue weighted by Gasteiger charge is 2.27. The molecular formula is C22H25N7O2. The lowest BCUT2D eigenvalue weighted by molar-refractivity contribution is 0.266. The number of methoxy groups -OCH3 is 1. The highest BCUT2D eigenvalue weighted by atomic mass is 16.5. The summed E-state index contributed by atoms with van der Waals surface area (Å²) in [5.41, 5.74) is 2.98. The minimum absolute atomic E-state index is 0.0805. The van der Waals surface area contributed by atoms with E-state index in [0.29, 0.717) is 11.8 Å².